The first-order valence-corrected chi connectivity index (χ1v) is 9.56. The lowest BCUT2D eigenvalue weighted by molar-refractivity contribution is -0.143. The van der Waals surface area contributed by atoms with Crippen molar-refractivity contribution in [2.45, 2.75) is 39.1 Å². The van der Waals surface area contributed by atoms with Gasteiger partial charge in [-0.25, -0.2) is 9.88 Å². The van der Waals surface area contributed by atoms with Crippen molar-refractivity contribution < 1.29 is 23.7 Å². The number of nitrogens with zero attached hydrogens (tertiary/aromatic N) is 1. The Morgan fingerprint density at radius 1 is 1.44 bits per heavy atom. The summed E-state index contributed by atoms with van der Waals surface area (Å²) in [5, 5.41) is 2.71. The van der Waals surface area contributed by atoms with E-state index in [0.29, 0.717) is 5.56 Å². The molecule has 0 aliphatic carbocycles. The number of ether oxygens (including phenoxy) is 2. The highest BCUT2D eigenvalue weighted by molar-refractivity contribution is 7.43. The van der Waals surface area contributed by atoms with Crippen LogP contribution < -0.4 is 16.3 Å². The van der Waals surface area contributed by atoms with E-state index in [9.17, 15) is 19.3 Å². The van der Waals surface area contributed by atoms with Gasteiger partial charge in [0.05, 0.1) is 13.7 Å². The van der Waals surface area contributed by atoms with Crippen LogP contribution in [0.5, 0.6) is 0 Å². The van der Waals surface area contributed by atoms with Gasteiger partial charge >= 0.3 is 11.7 Å². The second-order valence-corrected chi connectivity index (χ2v) is 7.43. The Hall–Kier alpha value is -1.84. The molecule has 3 N–H and O–H groups in total. The van der Waals surface area contributed by atoms with Gasteiger partial charge in [0.2, 0.25) is 0 Å². The number of aryl methyl sites for hydroxylation is 1. The summed E-state index contributed by atoms with van der Waals surface area (Å²) in [6, 6.07) is -0.693. The number of aromatic nitrogens is 2. The number of hydrogen-bond acceptors (Lipinski definition) is 8. The summed E-state index contributed by atoms with van der Waals surface area (Å²) in [5.74, 6) is -0.583. The van der Waals surface area contributed by atoms with Crippen LogP contribution in [0.15, 0.2) is 27.9 Å². The van der Waals surface area contributed by atoms with Crippen molar-refractivity contribution in [1.29, 1.82) is 0 Å². The molecule has 1 aliphatic rings. The van der Waals surface area contributed by atoms with Gasteiger partial charge in [-0.15, -0.1) is 0 Å². The number of esters is 1. The molecule has 2 rings (SSSR count). The average Bonchev–Trinajstić information content (AvgIpc) is 3.08. The summed E-state index contributed by atoms with van der Waals surface area (Å²) in [6.45, 7) is 5.24. The summed E-state index contributed by atoms with van der Waals surface area (Å²) in [7, 11) is -0.796. The van der Waals surface area contributed by atoms with Gasteiger partial charge in [0.25, 0.3) is 14.1 Å². The van der Waals surface area contributed by atoms with E-state index in [-0.39, 0.29) is 12.5 Å². The number of aromatic amines is 1. The van der Waals surface area contributed by atoms with E-state index >= 15 is 0 Å². The predicted molar refractivity (Wildman–Crippen MR) is 98.0 cm³/mol. The van der Waals surface area contributed by atoms with Gasteiger partial charge in [-0.3, -0.25) is 19.1 Å². The minimum atomic E-state index is -2.07. The molecular weight excluding hydrogens is 377 g/mol. The van der Waals surface area contributed by atoms with E-state index in [0.717, 1.165) is 0 Å². The minimum Gasteiger partial charge on any atom is -0.468 e. The van der Waals surface area contributed by atoms with Crippen LogP contribution in [-0.2, 0) is 18.8 Å². The quantitative estimate of drug-likeness (QED) is 0.322. The van der Waals surface area contributed by atoms with Crippen LogP contribution in [0.4, 0.5) is 0 Å². The van der Waals surface area contributed by atoms with Crippen molar-refractivity contribution in [3.05, 3.63) is 44.8 Å². The molecule has 2 heterocycles. The molecule has 1 aromatic rings. The zero-order chi connectivity index (χ0) is 20.1. The second kappa shape index (κ2) is 9.38. The topological polar surface area (TPSA) is 132 Å². The fraction of sp³-hybridized carbons (Fsp3) is 0.562. The number of carbonyl (C=O) groups is 1. The Morgan fingerprint density at radius 3 is 2.78 bits per heavy atom. The van der Waals surface area contributed by atoms with Gasteiger partial charge in [-0.05, 0) is 18.9 Å². The van der Waals surface area contributed by atoms with E-state index in [2.05, 4.69) is 10.1 Å². The molecule has 27 heavy (non-hydrogen) atoms. The molecule has 1 aliphatic heterocycles. The molecule has 0 bridgehead atoms. The van der Waals surface area contributed by atoms with Crippen molar-refractivity contribution in [2.75, 3.05) is 13.7 Å². The predicted octanol–water partition coefficient (Wildman–Crippen LogP) is 0.322. The average molecular weight is 401 g/mol. The third-order valence-electron chi connectivity index (χ3n) is 3.96. The lowest BCUT2D eigenvalue weighted by Crippen LogP contribution is -2.39. The normalized spacial score (nSPS) is 21.4. The molecule has 0 fully saturated rings. The molecule has 11 heteroatoms. The number of methoxy groups -OCH3 is 1. The molecule has 0 spiro atoms. The monoisotopic (exact) mass is 401 g/mol. The van der Waals surface area contributed by atoms with Gasteiger partial charge < -0.3 is 18.9 Å². The Bertz CT molecular complexity index is 804. The van der Waals surface area contributed by atoms with Gasteiger partial charge in [0.15, 0.2) is 6.23 Å². The maximum absolute atomic E-state index is 11.9. The van der Waals surface area contributed by atoms with Crippen LogP contribution in [0.2, 0.25) is 0 Å². The van der Waals surface area contributed by atoms with Gasteiger partial charge in [0, 0.05) is 11.8 Å². The summed E-state index contributed by atoms with van der Waals surface area (Å²) in [4.78, 5) is 47.3. The summed E-state index contributed by atoms with van der Waals surface area (Å²) in [5.41, 5.74) is -0.636. The number of hydrogen-bond donors (Lipinski definition) is 3. The number of rotatable bonds is 8. The van der Waals surface area contributed by atoms with Crippen LogP contribution in [0.25, 0.3) is 0 Å². The third-order valence-corrected chi connectivity index (χ3v) is 4.85. The minimum absolute atomic E-state index is 0.0191. The molecular formula is C16H24N3O7P. The Morgan fingerprint density at radius 2 is 2.15 bits per heavy atom. The van der Waals surface area contributed by atoms with Crippen molar-refractivity contribution >= 4 is 14.5 Å². The maximum atomic E-state index is 11.9. The molecule has 4 atom stereocenters. The highest BCUT2D eigenvalue weighted by Crippen LogP contribution is 2.30. The van der Waals surface area contributed by atoms with E-state index in [1.165, 1.54) is 17.9 Å². The van der Waals surface area contributed by atoms with Crippen molar-refractivity contribution in [3.8, 4) is 0 Å². The SMILES string of the molecule is COC(=O)[C@@H](NP(O)OC[C@@H]1C=C[C@H](n2cc(C)c(=O)[nH]c2=O)O1)C(C)C. The molecule has 0 saturated carbocycles. The van der Waals surface area contributed by atoms with E-state index in [1.807, 2.05) is 13.8 Å². The van der Waals surface area contributed by atoms with Gasteiger partial charge in [0.1, 0.15) is 12.1 Å². The van der Waals surface area contributed by atoms with Crippen LogP contribution in [0.3, 0.4) is 0 Å². The summed E-state index contributed by atoms with van der Waals surface area (Å²) >= 11 is 0. The Kier molecular flexibility index (Phi) is 7.46. The third kappa shape index (κ3) is 5.57. The van der Waals surface area contributed by atoms with Gasteiger partial charge in [-0.2, -0.15) is 0 Å². The van der Waals surface area contributed by atoms with Crippen LogP contribution in [0, 0.1) is 12.8 Å². The lowest BCUT2D eigenvalue weighted by Gasteiger charge is -2.23. The smallest absolute Gasteiger partial charge is 0.330 e. The highest BCUT2D eigenvalue weighted by atomic mass is 31.2. The van der Waals surface area contributed by atoms with Crippen LogP contribution >= 0.6 is 8.53 Å². The van der Waals surface area contributed by atoms with Crippen LogP contribution in [-0.4, -0.2) is 46.3 Å². The molecule has 0 saturated heterocycles. The van der Waals surface area contributed by atoms with Crippen molar-refractivity contribution in [3.63, 3.8) is 0 Å². The lowest BCUT2D eigenvalue weighted by atomic mass is 10.1. The highest BCUT2D eigenvalue weighted by Gasteiger charge is 2.28. The molecule has 0 amide bonds. The molecule has 1 aromatic heterocycles. The molecule has 150 valence electrons. The summed E-state index contributed by atoms with van der Waals surface area (Å²) < 4.78 is 17.0. The van der Waals surface area contributed by atoms with Crippen LogP contribution in [0.1, 0.15) is 25.6 Å². The first-order chi connectivity index (χ1) is 12.7. The fourth-order valence-electron chi connectivity index (χ4n) is 2.42. The molecule has 10 nitrogen and oxygen atoms in total. The van der Waals surface area contributed by atoms with Gasteiger partial charge in [-0.1, -0.05) is 19.9 Å². The fourth-order valence-corrected chi connectivity index (χ4v) is 3.42. The first-order valence-electron chi connectivity index (χ1n) is 8.34. The largest absolute Gasteiger partial charge is 0.468 e. The summed E-state index contributed by atoms with van der Waals surface area (Å²) in [6.07, 6.45) is 3.59. The molecule has 1 unspecified atom stereocenters. The van der Waals surface area contributed by atoms with E-state index < -0.39 is 44.1 Å². The number of carbonyl (C=O) groups excluding carboxylic acids is 1. The second-order valence-electron chi connectivity index (χ2n) is 6.37. The van der Waals surface area contributed by atoms with Crippen molar-refractivity contribution in [2.24, 2.45) is 5.92 Å². The van der Waals surface area contributed by atoms with Crippen molar-refractivity contribution in [1.82, 2.24) is 14.6 Å². The number of H-pyrrole nitrogens is 1. The standard InChI is InChI=1S/C16H24N3O7P/c1-9(2)13(15(21)24-4)18-27(23)25-8-11-5-6-12(26-11)19-7-10(3)14(20)17-16(19)22/h5-7,9,11-13,18,23H,8H2,1-4H3,(H,17,20,22)/t11-,12+,13-,27?/m0/s1. The zero-order valence-corrected chi connectivity index (χ0v) is 16.4. The Balaban J connectivity index is 1.89. The first kappa shape index (κ1) is 21.5. The van der Waals surface area contributed by atoms with E-state index in [4.69, 9.17) is 14.0 Å². The number of nitrogens with one attached hydrogen (secondary N) is 2. The Labute approximate surface area is 157 Å². The van der Waals surface area contributed by atoms with E-state index in [1.54, 1.807) is 19.1 Å². The molecule has 0 radical (unpaired) electrons. The zero-order valence-electron chi connectivity index (χ0n) is 15.5. The maximum Gasteiger partial charge on any atom is 0.330 e. The molecule has 0 aromatic carbocycles.